The van der Waals surface area contributed by atoms with Crippen molar-refractivity contribution < 1.29 is 4.79 Å². The highest BCUT2D eigenvalue weighted by atomic mass is 35.5. The van der Waals surface area contributed by atoms with E-state index in [4.69, 9.17) is 11.6 Å². The Morgan fingerprint density at radius 2 is 2.00 bits per heavy atom. The van der Waals surface area contributed by atoms with Gasteiger partial charge in [0.15, 0.2) is 0 Å². The molecule has 1 amide bonds. The number of amides is 1. The Kier molecular flexibility index (Phi) is 8.69. The van der Waals surface area contributed by atoms with E-state index in [-0.39, 0.29) is 18.3 Å². The number of halogens is 2. The smallest absolute Gasteiger partial charge is 0.224 e. The van der Waals surface area contributed by atoms with Crippen LogP contribution in [0.3, 0.4) is 0 Å². The van der Waals surface area contributed by atoms with E-state index in [9.17, 15) is 4.79 Å². The van der Waals surface area contributed by atoms with Crippen LogP contribution in [0.15, 0.2) is 24.3 Å². The summed E-state index contributed by atoms with van der Waals surface area (Å²) in [6, 6.07) is 7.48. The Morgan fingerprint density at radius 1 is 1.29 bits per heavy atom. The van der Waals surface area contributed by atoms with Gasteiger partial charge in [-0.1, -0.05) is 29.8 Å². The SMILES string of the molecule is Cl.O=C(Cc1ccccc1Cl)NCCCN1CCNCC1. The molecule has 0 saturated carbocycles. The molecule has 1 aromatic carbocycles. The third-order valence-electron chi connectivity index (χ3n) is 3.49. The molecule has 118 valence electrons. The molecule has 0 bridgehead atoms. The van der Waals surface area contributed by atoms with Crippen molar-refractivity contribution in [2.24, 2.45) is 0 Å². The fraction of sp³-hybridized carbons (Fsp3) is 0.533. The number of nitrogens with zero attached hydrogens (tertiary/aromatic N) is 1. The van der Waals surface area contributed by atoms with Crippen molar-refractivity contribution in [3.8, 4) is 0 Å². The molecule has 1 aliphatic heterocycles. The molecule has 0 aromatic heterocycles. The monoisotopic (exact) mass is 331 g/mol. The van der Waals surface area contributed by atoms with Gasteiger partial charge in [0, 0.05) is 37.7 Å². The molecule has 21 heavy (non-hydrogen) atoms. The first-order valence-electron chi connectivity index (χ1n) is 7.19. The summed E-state index contributed by atoms with van der Waals surface area (Å²) in [4.78, 5) is 14.2. The number of rotatable bonds is 6. The average Bonchev–Trinajstić information content (AvgIpc) is 2.47. The van der Waals surface area contributed by atoms with E-state index >= 15 is 0 Å². The van der Waals surface area contributed by atoms with E-state index in [1.54, 1.807) is 0 Å². The quantitative estimate of drug-likeness (QED) is 0.780. The molecule has 0 atom stereocenters. The van der Waals surface area contributed by atoms with Crippen molar-refractivity contribution >= 4 is 29.9 Å². The van der Waals surface area contributed by atoms with Crippen LogP contribution in [-0.4, -0.2) is 50.1 Å². The summed E-state index contributed by atoms with van der Waals surface area (Å²) in [5.74, 6) is 0.0402. The van der Waals surface area contributed by atoms with Crippen molar-refractivity contribution in [1.29, 1.82) is 0 Å². The van der Waals surface area contributed by atoms with Gasteiger partial charge in [-0.3, -0.25) is 4.79 Å². The molecule has 6 heteroatoms. The Bertz CT molecular complexity index is 437. The van der Waals surface area contributed by atoms with Crippen LogP contribution in [0.1, 0.15) is 12.0 Å². The second-order valence-corrected chi connectivity index (χ2v) is 5.47. The summed E-state index contributed by atoms with van der Waals surface area (Å²) in [6.45, 7) is 6.13. The van der Waals surface area contributed by atoms with E-state index in [1.165, 1.54) is 0 Å². The molecule has 0 aliphatic carbocycles. The predicted octanol–water partition coefficient (Wildman–Crippen LogP) is 1.72. The van der Waals surface area contributed by atoms with Crippen molar-refractivity contribution in [2.75, 3.05) is 39.3 Å². The van der Waals surface area contributed by atoms with Crippen molar-refractivity contribution in [3.63, 3.8) is 0 Å². The highest BCUT2D eigenvalue weighted by Crippen LogP contribution is 2.15. The zero-order chi connectivity index (χ0) is 14.2. The lowest BCUT2D eigenvalue weighted by Crippen LogP contribution is -2.44. The number of benzene rings is 1. The number of hydrogen-bond acceptors (Lipinski definition) is 3. The third kappa shape index (κ3) is 6.66. The highest BCUT2D eigenvalue weighted by molar-refractivity contribution is 6.31. The second kappa shape index (κ2) is 10.0. The maximum Gasteiger partial charge on any atom is 0.224 e. The summed E-state index contributed by atoms with van der Waals surface area (Å²) in [7, 11) is 0. The van der Waals surface area contributed by atoms with Crippen molar-refractivity contribution in [3.05, 3.63) is 34.9 Å². The topological polar surface area (TPSA) is 44.4 Å². The van der Waals surface area contributed by atoms with Gasteiger partial charge in [0.25, 0.3) is 0 Å². The molecule has 0 unspecified atom stereocenters. The third-order valence-corrected chi connectivity index (χ3v) is 3.86. The van der Waals surface area contributed by atoms with Crippen LogP contribution in [0.4, 0.5) is 0 Å². The maximum atomic E-state index is 11.8. The Balaban J connectivity index is 0.00000220. The number of nitrogens with one attached hydrogen (secondary N) is 2. The van der Waals surface area contributed by atoms with Gasteiger partial charge < -0.3 is 15.5 Å². The second-order valence-electron chi connectivity index (χ2n) is 5.06. The van der Waals surface area contributed by atoms with E-state index in [2.05, 4.69) is 15.5 Å². The minimum absolute atomic E-state index is 0. The van der Waals surface area contributed by atoms with Crippen LogP contribution in [0, 0.1) is 0 Å². The lowest BCUT2D eigenvalue weighted by Gasteiger charge is -2.27. The van der Waals surface area contributed by atoms with Gasteiger partial charge in [-0.15, -0.1) is 12.4 Å². The predicted molar refractivity (Wildman–Crippen MR) is 89.3 cm³/mol. The molecule has 1 saturated heterocycles. The van der Waals surface area contributed by atoms with Gasteiger partial charge >= 0.3 is 0 Å². The van der Waals surface area contributed by atoms with Gasteiger partial charge in [-0.2, -0.15) is 0 Å². The fourth-order valence-corrected chi connectivity index (χ4v) is 2.55. The van der Waals surface area contributed by atoms with Gasteiger partial charge in [0.2, 0.25) is 5.91 Å². The van der Waals surface area contributed by atoms with E-state index in [1.807, 2.05) is 24.3 Å². The molecular weight excluding hydrogens is 309 g/mol. The molecule has 1 heterocycles. The average molecular weight is 332 g/mol. The van der Waals surface area contributed by atoms with Gasteiger partial charge in [-0.05, 0) is 24.6 Å². The Hall–Kier alpha value is -0.810. The molecule has 2 N–H and O–H groups in total. The number of carbonyl (C=O) groups excluding carboxylic acids is 1. The maximum absolute atomic E-state index is 11.8. The number of hydrogen-bond donors (Lipinski definition) is 2. The molecule has 1 fully saturated rings. The summed E-state index contributed by atoms with van der Waals surface area (Å²) < 4.78 is 0. The molecule has 0 spiro atoms. The normalized spacial score (nSPS) is 15.3. The van der Waals surface area contributed by atoms with E-state index in [0.717, 1.165) is 51.3 Å². The number of carbonyl (C=O) groups is 1. The van der Waals surface area contributed by atoms with Crippen LogP contribution in [0.2, 0.25) is 5.02 Å². The molecule has 1 aromatic rings. The highest BCUT2D eigenvalue weighted by Gasteiger charge is 2.09. The lowest BCUT2D eigenvalue weighted by atomic mass is 10.1. The molecule has 4 nitrogen and oxygen atoms in total. The summed E-state index contributed by atoms with van der Waals surface area (Å²) in [6.07, 6.45) is 1.35. The Morgan fingerprint density at radius 3 is 2.71 bits per heavy atom. The van der Waals surface area contributed by atoms with Gasteiger partial charge in [0.05, 0.1) is 6.42 Å². The zero-order valence-corrected chi connectivity index (χ0v) is 13.7. The minimum atomic E-state index is 0. The first-order valence-corrected chi connectivity index (χ1v) is 7.56. The molecule has 1 aliphatic rings. The van der Waals surface area contributed by atoms with Gasteiger partial charge in [0.1, 0.15) is 0 Å². The Labute approximate surface area is 137 Å². The van der Waals surface area contributed by atoms with Crippen LogP contribution in [0.25, 0.3) is 0 Å². The van der Waals surface area contributed by atoms with Crippen LogP contribution in [-0.2, 0) is 11.2 Å². The first-order chi connectivity index (χ1) is 9.75. The number of piperazine rings is 1. The van der Waals surface area contributed by atoms with Gasteiger partial charge in [-0.25, -0.2) is 0 Å². The van der Waals surface area contributed by atoms with E-state index in [0.29, 0.717) is 11.4 Å². The van der Waals surface area contributed by atoms with Crippen molar-refractivity contribution in [2.45, 2.75) is 12.8 Å². The fourth-order valence-electron chi connectivity index (χ4n) is 2.34. The van der Waals surface area contributed by atoms with E-state index < -0.39 is 0 Å². The molecule has 2 rings (SSSR count). The lowest BCUT2D eigenvalue weighted by molar-refractivity contribution is -0.120. The molecular formula is C15H23Cl2N3O. The minimum Gasteiger partial charge on any atom is -0.356 e. The first kappa shape index (κ1) is 18.2. The molecule has 0 radical (unpaired) electrons. The van der Waals surface area contributed by atoms with Crippen LogP contribution < -0.4 is 10.6 Å². The summed E-state index contributed by atoms with van der Waals surface area (Å²) in [5.41, 5.74) is 0.883. The summed E-state index contributed by atoms with van der Waals surface area (Å²) in [5, 5.41) is 6.95. The van der Waals surface area contributed by atoms with Crippen LogP contribution in [0.5, 0.6) is 0 Å². The zero-order valence-electron chi connectivity index (χ0n) is 12.1. The standard InChI is InChI=1S/C15H22ClN3O.ClH/c16-14-5-2-1-4-13(14)12-15(20)18-6-3-9-19-10-7-17-8-11-19;/h1-2,4-5,17H,3,6-12H2,(H,18,20);1H. The van der Waals surface area contributed by atoms with Crippen molar-refractivity contribution in [1.82, 2.24) is 15.5 Å². The summed E-state index contributed by atoms with van der Waals surface area (Å²) >= 11 is 6.04. The van der Waals surface area contributed by atoms with Crippen LogP contribution >= 0.6 is 24.0 Å². The largest absolute Gasteiger partial charge is 0.356 e.